The van der Waals surface area contributed by atoms with Crippen molar-refractivity contribution < 1.29 is 19.1 Å². The fourth-order valence-corrected chi connectivity index (χ4v) is 3.44. The van der Waals surface area contributed by atoms with Gasteiger partial charge in [-0.2, -0.15) is 0 Å². The maximum Gasteiger partial charge on any atom is 0.298 e. The van der Waals surface area contributed by atoms with Crippen LogP contribution in [-0.2, 0) is 4.79 Å². The zero-order chi connectivity index (χ0) is 21.8. The van der Waals surface area contributed by atoms with Gasteiger partial charge in [-0.3, -0.25) is 9.59 Å². The third-order valence-corrected chi connectivity index (χ3v) is 4.93. The molecule has 2 heterocycles. The van der Waals surface area contributed by atoms with Gasteiger partial charge in [0, 0.05) is 23.0 Å². The third kappa shape index (κ3) is 4.14. The highest BCUT2D eigenvalue weighted by atomic mass is 16.5. The second-order valence-electron chi connectivity index (χ2n) is 6.87. The SMILES string of the molecule is CCOc1ccc(-c2cc3ccccn3c2C(=O)C(=O)Nc2ccc(OC)cc2)cc1. The van der Waals surface area contributed by atoms with Gasteiger partial charge in [0.25, 0.3) is 11.7 Å². The standard InChI is InChI=1S/C25H22N2O4/c1-3-31-21-11-7-17(8-12-21)22-16-19-6-4-5-15-27(19)23(22)24(28)25(29)26-18-9-13-20(30-2)14-10-18/h4-16H,3H2,1-2H3,(H,26,29). The van der Waals surface area contributed by atoms with Crippen LogP contribution in [0, 0.1) is 0 Å². The van der Waals surface area contributed by atoms with E-state index in [1.165, 1.54) is 0 Å². The van der Waals surface area contributed by atoms with Gasteiger partial charge in [0.1, 0.15) is 17.2 Å². The molecule has 2 aromatic heterocycles. The van der Waals surface area contributed by atoms with Crippen molar-refractivity contribution in [3.63, 3.8) is 0 Å². The fraction of sp³-hybridized carbons (Fsp3) is 0.120. The van der Waals surface area contributed by atoms with Gasteiger partial charge in [0.05, 0.1) is 13.7 Å². The summed E-state index contributed by atoms with van der Waals surface area (Å²) in [5, 5.41) is 2.67. The Labute approximate surface area is 180 Å². The lowest BCUT2D eigenvalue weighted by Crippen LogP contribution is -2.24. The van der Waals surface area contributed by atoms with E-state index in [4.69, 9.17) is 9.47 Å². The van der Waals surface area contributed by atoms with Gasteiger partial charge < -0.3 is 19.2 Å². The highest BCUT2D eigenvalue weighted by Crippen LogP contribution is 2.30. The number of ketones is 1. The van der Waals surface area contributed by atoms with Crippen molar-refractivity contribution in [3.05, 3.63) is 84.7 Å². The van der Waals surface area contributed by atoms with Gasteiger partial charge in [-0.25, -0.2) is 0 Å². The topological polar surface area (TPSA) is 69.0 Å². The van der Waals surface area contributed by atoms with Crippen molar-refractivity contribution in [2.24, 2.45) is 0 Å². The van der Waals surface area contributed by atoms with Crippen LogP contribution in [-0.4, -0.2) is 29.8 Å². The minimum atomic E-state index is -0.707. The van der Waals surface area contributed by atoms with Crippen molar-refractivity contribution in [2.45, 2.75) is 6.92 Å². The molecule has 0 bridgehead atoms. The normalized spacial score (nSPS) is 10.6. The summed E-state index contributed by atoms with van der Waals surface area (Å²) in [5.74, 6) is 0.0898. The number of methoxy groups -OCH3 is 1. The average Bonchev–Trinajstić information content (AvgIpc) is 3.19. The Balaban J connectivity index is 1.70. The molecule has 0 aliphatic heterocycles. The van der Waals surface area contributed by atoms with Crippen LogP contribution in [0.1, 0.15) is 17.4 Å². The molecule has 0 saturated carbocycles. The van der Waals surface area contributed by atoms with E-state index in [1.54, 1.807) is 42.0 Å². The molecule has 0 fully saturated rings. The minimum Gasteiger partial charge on any atom is -0.497 e. The molecule has 4 rings (SSSR count). The second kappa shape index (κ2) is 8.75. The lowest BCUT2D eigenvalue weighted by Gasteiger charge is -2.09. The van der Waals surface area contributed by atoms with Crippen LogP contribution in [0.2, 0.25) is 0 Å². The number of aromatic nitrogens is 1. The van der Waals surface area contributed by atoms with Gasteiger partial charge in [-0.05, 0) is 67.1 Å². The molecule has 0 aliphatic rings. The van der Waals surface area contributed by atoms with Crippen LogP contribution < -0.4 is 14.8 Å². The van der Waals surface area contributed by atoms with E-state index in [2.05, 4.69) is 5.32 Å². The summed E-state index contributed by atoms with van der Waals surface area (Å²) >= 11 is 0. The smallest absolute Gasteiger partial charge is 0.298 e. The van der Waals surface area contributed by atoms with Crippen LogP contribution in [0.4, 0.5) is 5.69 Å². The molecule has 0 aliphatic carbocycles. The van der Waals surface area contributed by atoms with Gasteiger partial charge in [-0.15, -0.1) is 0 Å². The molecule has 4 aromatic rings. The molecule has 0 atom stereocenters. The number of benzene rings is 2. The van der Waals surface area contributed by atoms with Crippen molar-refractivity contribution >= 4 is 22.9 Å². The number of ether oxygens (including phenoxy) is 2. The lowest BCUT2D eigenvalue weighted by atomic mass is 10.0. The number of fused-ring (bicyclic) bond motifs is 1. The number of rotatable bonds is 7. The summed E-state index contributed by atoms with van der Waals surface area (Å²) in [4.78, 5) is 26.0. The Morgan fingerprint density at radius 3 is 2.32 bits per heavy atom. The number of nitrogens with zero attached hydrogens (tertiary/aromatic N) is 1. The number of anilines is 1. The number of hydrogen-bond donors (Lipinski definition) is 1. The maximum absolute atomic E-state index is 13.2. The Kier molecular flexibility index (Phi) is 5.71. The molecular formula is C25H22N2O4. The molecule has 0 spiro atoms. The number of nitrogens with one attached hydrogen (secondary N) is 1. The molecule has 6 heteroatoms. The molecule has 1 amide bonds. The summed E-state index contributed by atoms with van der Waals surface area (Å²) in [6.45, 7) is 2.50. The summed E-state index contributed by atoms with van der Waals surface area (Å²) in [7, 11) is 1.57. The number of hydrogen-bond acceptors (Lipinski definition) is 4. The van der Waals surface area contributed by atoms with E-state index in [-0.39, 0.29) is 0 Å². The van der Waals surface area contributed by atoms with Crippen molar-refractivity contribution in [2.75, 3.05) is 19.0 Å². The Bertz CT molecular complexity index is 1220. The summed E-state index contributed by atoms with van der Waals surface area (Å²) in [5.41, 5.74) is 3.16. The molecular weight excluding hydrogens is 392 g/mol. The first-order chi connectivity index (χ1) is 15.1. The number of Topliss-reactive ketones (excluding diaryl/α,β-unsaturated/α-hetero) is 1. The molecule has 156 valence electrons. The minimum absolute atomic E-state index is 0.311. The highest BCUT2D eigenvalue weighted by Gasteiger charge is 2.25. The number of amides is 1. The zero-order valence-electron chi connectivity index (χ0n) is 17.3. The van der Waals surface area contributed by atoms with Crippen LogP contribution >= 0.6 is 0 Å². The maximum atomic E-state index is 13.2. The van der Waals surface area contributed by atoms with Crippen LogP contribution in [0.25, 0.3) is 16.6 Å². The van der Waals surface area contributed by atoms with E-state index in [0.29, 0.717) is 29.3 Å². The van der Waals surface area contributed by atoms with E-state index in [9.17, 15) is 9.59 Å². The summed E-state index contributed by atoms with van der Waals surface area (Å²) in [6, 6.07) is 21.8. The molecule has 0 unspecified atom stereocenters. The molecule has 1 N–H and O–H groups in total. The largest absolute Gasteiger partial charge is 0.497 e. The molecule has 31 heavy (non-hydrogen) atoms. The van der Waals surface area contributed by atoms with E-state index in [1.807, 2.05) is 55.5 Å². The lowest BCUT2D eigenvalue weighted by molar-refractivity contribution is -0.112. The number of carbonyl (C=O) groups is 2. The fourth-order valence-electron chi connectivity index (χ4n) is 3.44. The predicted molar refractivity (Wildman–Crippen MR) is 120 cm³/mol. The van der Waals surface area contributed by atoms with Crippen molar-refractivity contribution in [1.29, 1.82) is 0 Å². The second-order valence-corrected chi connectivity index (χ2v) is 6.87. The average molecular weight is 414 g/mol. The monoisotopic (exact) mass is 414 g/mol. The third-order valence-electron chi connectivity index (χ3n) is 4.93. The summed E-state index contributed by atoms with van der Waals surface area (Å²) in [6.07, 6.45) is 1.78. The Morgan fingerprint density at radius 2 is 1.65 bits per heavy atom. The van der Waals surface area contributed by atoms with E-state index in [0.717, 1.165) is 16.8 Å². The summed E-state index contributed by atoms with van der Waals surface area (Å²) < 4.78 is 12.4. The van der Waals surface area contributed by atoms with E-state index < -0.39 is 11.7 Å². The van der Waals surface area contributed by atoms with E-state index >= 15 is 0 Å². The highest BCUT2D eigenvalue weighted by molar-refractivity contribution is 6.47. The van der Waals surface area contributed by atoms with Gasteiger partial charge in [0.2, 0.25) is 0 Å². The molecule has 2 aromatic carbocycles. The van der Waals surface area contributed by atoms with Gasteiger partial charge in [0.15, 0.2) is 0 Å². The first kappa shape index (κ1) is 20.2. The van der Waals surface area contributed by atoms with Crippen molar-refractivity contribution in [1.82, 2.24) is 4.40 Å². The van der Waals surface area contributed by atoms with Crippen LogP contribution in [0.3, 0.4) is 0 Å². The first-order valence-electron chi connectivity index (χ1n) is 9.93. The molecule has 0 radical (unpaired) electrons. The van der Waals surface area contributed by atoms with Gasteiger partial charge in [-0.1, -0.05) is 18.2 Å². The number of pyridine rings is 1. The quantitative estimate of drug-likeness (QED) is 0.347. The number of carbonyl (C=O) groups excluding carboxylic acids is 2. The Morgan fingerprint density at radius 1 is 0.935 bits per heavy atom. The predicted octanol–water partition coefficient (Wildman–Crippen LogP) is 4.84. The van der Waals surface area contributed by atoms with Crippen molar-refractivity contribution in [3.8, 4) is 22.6 Å². The van der Waals surface area contributed by atoms with Crippen LogP contribution in [0.15, 0.2) is 79.0 Å². The zero-order valence-corrected chi connectivity index (χ0v) is 17.3. The molecule has 0 saturated heterocycles. The van der Waals surface area contributed by atoms with Gasteiger partial charge >= 0.3 is 0 Å². The first-order valence-corrected chi connectivity index (χ1v) is 9.93. The molecule has 6 nitrogen and oxygen atoms in total. The van der Waals surface area contributed by atoms with Crippen LogP contribution in [0.5, 0.6) is 11.5 Å². The Hall–Kier alpha value is -4.06.